The minimum absolute atomic E-state index is 0.185. The molecule has 0 aromatic carbocycles. The number of rotatable bonds is 3. The smallest absolute Gasteiger partial charge is 0.254 e. The maximum absolute atomic E-state index is 12.0. The van der Waals surface area contributed by atoms with E-state index in [0.717, 1.165) is 5.69 Å². The second kappa shape index (κ2) is 5.60. The van der Waals surface area contributed by atoms with Gasteiger partial charge in [0.15, 0.2) is 0 Å². The highest BCUT2D eigenvalue weighted by atomic mass is 35.5. The first kappa shape index (κ1) is 12.5. The Bertz CT molecular complexity index is 545. The summed E-state index contributed by atoms with van der Waals surface area (Å²) < 4.78 is 0. The maximum atomic E-state index is 12.0. The summed E-state index contributed by atoms with van der Waals surface area (Å²) in [6.07, 6.45) is 3.23. The summed E-state index contributed by atoms with van der Waals surface area (Å²) >= 11 is 5.86. The lowest BCUT2D eigenvalue weighted by molar-refractivity contribution is 0.0939. The minimum Gasteiger partial charge on any atom is -0.344 e. The molecule has 0 aliphatic rings. The number of halogens is 1. The van der Waals surface area contributed by atoms with Gasteiger partial charge in [0.05, 0.1) is 17.3 Å². The molecule has 18 heavy (non-hydrogen) atoms. The fourth-order valence-electron chi connectivity index (χ4n) is 1.54. The minimum atomic E-state index is -0.258. The van der Waals surface area contributed by atoms with Gasteiger partial charge in [0.2, 0.25) is 0 Å². The van der Waals surface area contributed by atoms with Crippen LogP contribution in [0.5, 0.6) is 0 Å². The monoisotopic (exact) mass is 261 g/mol. The molecule has 2 aromatic heterocycles. The van der Waals surface area contributed by atoms with Crippen LogP contribution in [0.25, 0.3) is 0 Å². The summed E-state index contributed by atoms with van der Waals surface area (Å²) in [4.78, 5) is 20.0. The molecular weight excluding hydrogens is 250 g/mol. The van der Waals surface area contributed by atoms with E-state index >= 15 is 0 Å². The van der Waals surface area contributed by atoms with Crippen molar-refractivity contribution in [1.29, 1.82) is 0 Å². The summed E-state index contributed by atoms with van der Waals surface area (Å²) in [5, 5.41) is 3.02. The van der Waals surface area contributed by atoms with E-state index < -0.39 is 0 Å². The summed E-state index contributed by atoms with van der Waals surface area (Å²) in [7, 11) is 0. The molecule has 0 radical (unpaired) electrons. The number of hydrogen-bond donors (Lipinski definition) is 1. The lowest BCUT2D eigenvalue weighted by atomic mass is 10.2. The van der Waals surface area contributed by atoms with Gasteiger partial charge in [0, 0.05) is 12.4 Å². The second-order valence-electron chi connectivity index (χ2n) is 3.79. The molecule has 0 spiro atoms. The van der Waals surface area contributed by atoms with Crippen LogP contribution >= 0.6 is 11.6 Å². The van der Waals surface area contributed by atoms with Crippen molar-refractivity contribution in [1.82, 2.24) is 15.3 Å². The fourth-order valence-corrected chi connectivity index (χ4v) is 1.74. The first-order valence-electron chi connectivity index (χ1n) is 5.51. The van der Waals surface area contributed by atoms with Gasteiger partial charge < -0.3 is 5.32 Å². The largest absolute Gasteiger partial charge is 0.344 e. The van der Waals surface area contributed by atoms with E-state index in [-0.39, 0.29) is 17.1 Å². The van der Waals surface area contributed by atoms with Crippen LogP contribution in [0.4, 0.5) is 0 Å². The predicted octanol–water partition coefficient (Wildman–Crippen LogP) is 2.62. The van der Waals surface area contributed by atoms with Gasteiger partial charge in [0.25, 0.3) is 5.91 Å². The van der Waals surface area contributed by atoms with Gasteiger partial charge in [-0.1, -0.05) is 17.7 Å². The van der Waals surface area contributed by atoms with Gasteiger partial charge >= 0.3 is 0 Å². The molecule has 92 valence electrons. The molecule has 4 nitrogen and oxygen atoms in total. The number of carbonyl (C=O) groups excluding carboxylic acids is 1. The average molecular weight is 262 g/mol. The summed E-state index contributed by atoms with van der Waals surface area (Å²) in [6.45, 7) is 1.87. The van der Waals surface area contributed by atoms with Crippen LogP contribution < -0.4 is 5.32 Å². The fraction of sp³-hybridized carbons (Fsp3) is 0.154. The molecule has 0 aliphatic heterocycles. The number of carbonyl (C=O) groups is 1. The van der Waals surface area contributed by atoms with E-state index in [1.54, 1.807) is 24.5 Å². The van der Waals surface area contributed by atoms with E-state index in [1.807, 2.05) is 25.1 Å². The number of nitrogens with zero attached hydrogens (tertiary/aromatic N) is 2. The zero-order valence-electron chi connectivity index (χ0n) is 9.80. The Balaban J connectivity index is 2.11. The zero-order chi connectivity index (χ0) is 13.0. The highest BCUT2D eigenvalue weighted by Crippen LogP contribution is 2.14. The van der Waals surface area contributed by atoms with Crippen LogP contribution in [0.3, 0.4) is 0 Å². The molecule has 0 bridgehead atoms. The summed E-state index contributed by atoms with van der Waals surface area (Å²) in [5.41, 5.74) is 1.16. The third kappa shape index (κ3) is 2.84. The second-order valence-corrected chi connectivity index (χ2v) is 4.15. The average Bonchev–Trinajstić information content (AvgIpc) is 2.40. The normalized spacial score (nSPS) is 11.9. The third-order valence-corrected chi connectivity index (χ3v) is 2.78. The van der Waals surface area contributed by atoms with Crippen LogP contribution in [0.2, 0.25) is 5.15 Å². The molecule has 1 atom stereocenters. The van der Waals surface area contributed by atoms with E-state index in [4.69, 9.17) is 11.6 Å². The van der Waals surface area contributed by atoms with Crippen LogP contribution in [0.15, 0.2) is 42.7 Å². The van der Waals surface area contributed by atoms with Crippen LogP contribution in [0.1, 0.15) is 29.0 Å². The van der Waals surface area contributed by atoms with Gasteiger partial charge in [-0.25, -0.2) is 4.98 Å². The third-order valence-electron chi connectivity index (χ3n) is 2.48. The molecule has 0 unspecified atom stereocenters. The molecule has 2 aromatic rings. The van der Waals surface area contributed by atoms with E-state index in [1.165, 1.54) is 0 Å². The van der Waals surface area contributed by atoms with Crippen molar-refractivity contribution < 1.29 is 4.79 Å². The number of amides is 1. The quantitative estimate of drug-likeness (QED) is 0.864. The molecule has 0 saturated carbocycles. The SMILES string of the molecule is C[C@H](NC(=O)c1cccnc1Cl)c1ccccn1. The molecular formula is C13H12ClN3O. The van der Waals surface area contributed by atoms with E-state index in [9.17, 15) is 4.79 Å². The molecule has 0 aliphatic carbocycles. The Kier molecular flexibility index (Phi) is 3.89. The lowest BCUT2D eigenvalue weighted by Gasteiger charge is -2.13. The zero-order valence-corrected chi connectivity index (χ0v) is 10.6. The maximum Gasteiger partial charge on any atom is 0.254 e. The Hall–Kier alpha value is -1.94. The Morgan fingerprint density at radius 3 is 2.67 bits per heavy atom. The lowest BCUT2D eigenvalue weighted by Crippen LogP contribution is -2.27. The summed E-state index contributed by atoms with van der Waals surface area (Å²) in [5.74, 6) is -0.258. The number of aromatic nitrogens is 2. The topological polar surface area (TPSA) is 54.9 Å². The highest BCUT2D eigenvalue weighted by Gasteiger charge is 2.14. The number of nitrogens with one attached hydrogen (secondary N) is 1. The Morgan fingerprint density at radius 2 is 2.00 bits per heavy atom. The molecule has 5 heteroatoms. The van der Waals surface area contributed by atoms with E-state index in [2.05, 4.69) is 15.3 Å². The van der Waals surface area contributed by atoms with Gasteiger partial charge in [-0.15, -0.1) is 0 Å². The van der Waals surface area contributed by atoms with Crippen LogP contribution in [0, 0.1) is 0 Å². The first-order valence-corrected chi connectivity index (χ1v) is 5.88. The van der Waals surface area contributed by atoms with Crippen LogP contribution in [-0.4, -0.2) is 15.9 Å². The van der Waals surface area contributed by atoms with Crippen molar-refractivity contribution in [3.8, 4) is 0 Å². The van der Waals surface area contributed by atoms with Crippen molar-refractivity contribution in [3.05, 3.63) is 59.1 Å². The summed E-state index contributed by atoms with van der Waals surface area (Å²) in [6, 6.07) is 8.69. The molecule has 1 N–H and O–H groups in total. The predicted molar refractivity (Wildman–Crippen MR) is 69.4 cm³/mol. The van der Waals surface area contributed by atoms with Crippen molar-refractivity contribution in [2.24, 2.45) is 0 Å². The van der Waals surface area contributed by atoms with Crippen molar-refractivity contribution >= 4 is 17.5 Å². The van der Waals surface area contributed by atoms with Gasteiger partial charge in [-0.3, -0.25) is 9.78 Å². The van der Waals surface area contributed by atoms with Gasteiger partial charge in [-0.2, -0.15) is 0 Å². The molecule has 0 fully saturated rings. The molecule has 2 heterocycles. The van der Waals surface area contributed by atoms with Gasteiger partial charge in [0.1, 0.15) is 5.15 Å². The number of hydrogen-bond acceptors (Lipinski definition) is 3. The van der Waals surface area contributed by atoms with Crippen molar-refractivity contribution in [2.75, 3.05) is 0 Å². The van der Waals surface area contributed by atoms with Crippen LogP contribution in [-0.2, 0) is 0 Å². The molecule has 2 rings (SSSR count). The van der Waals surface area contributed by atoms with Crippen molar-refractivity contribution in [2.45, 2.75) is 13.0 Å². The number of pyridine rings is 2. The van der Waals surface area contributed by atoms with Gasteiger partial charge in [-0.05, 0) is 31.2 Å². The van der Waals surface area contributed by atoms with Crippen molar-refractivity contribution in [3.63, 3.8) is 0 Å². The molecule has 0 saturated heterocycles. The highest BCUT2D eigenvalue weighted by molar-refractivity contribution is 6.32. The van der Waals surface area contributed by atoms with E-state index in [0.29, 0.717) is 5.56 Å². The standard InChI is InChI=1S/C13H12ClN3O/c1-9(11-6-2-3-7-15-11)17-13(18)10-5-4-8-16-12(10)14/h2-9H,1H3,(H,17,18)/t9-/m0/s1. The Labute approximate surface area is 110 Å². The first-order chi connectivity index (χ1) is 8.68. The molecule has 1 amide bonds. The Morgan fingerprint density at radius 1 is 1.22 bits per heavy atom.